The molecule has 0 aliphatic heterocycles. The molecule has 3 aromatic rings. The van der Waals surface area contributed by atoms with Crippen molar-refractivity contribution in [1.82, 2.24) is 0 Å². The number of ether oxygens (including phenoxy) is 4. The molecule has 8 nitrogen and oxygen atoms in total. The third-order valence-corrected chi connectivity index (χ3v) is 5.12. The number of rotatable bonds is 10. The van der Waals surface area contributed by atoms with E-state index in [2.05, 4.69) is 6.58 Å². The molecule has 3 aromatic carbocycles. The average Bonchev–Trinajstić information content (AvgIpc) is 2.91. The van der Waals surface area contributed by atoms with E-state index < -0.39 is 35.7 Å². The van der Waals surface area contributed by atoms with E-state index >= 15 is 0 Å². The van der Waals surface area contributed by atoms with Crippen molar-refractivity contribution in [2.75, 3.05) is 7.11 Å². The van der Waals surface area contributed by atoms with E-state index in [4.69, 9.17) is 18.9 Å². The van der Waals surface area contributed by atoms with Gasteiger partial charge in [-0.15, -0.1) is 0 Å². The molecule has 0 bridgehead atoms. The highest BCUT2D eigenvalue weighted by atomic mass is 16.6. The maximum Gasteiger partial charge on any atom is 0.340 e. The molecule has 3 rings (SSSR count). The van der Waals surface area contributed by atoms with Gasteiger partial charge in [0.1, 0.15) is 18.1 Å². The molecule has 0 aliphatic carbocycles. The fourth-order valence-electron chi connectivity index (χ4n) is 3.22. The molecular weight excluding hydrogens is 464 g/mol. The number of carbonyl (C=O) groups excluding carboxylic acids is 4. The van der Waals surface area contributed by atoms with Crippen molar-refractivity contribution < 1.29 is 38.1 Å². The van der Waals surface area contributed by atoms with Gasteiger partial charge < -0.3 is 18.9 Å². The summed E-state index contributed by atoms with van der Waals surface area (Å²) < 4.78 is 20.7. The third kappa shape index (κ3) is 6.24. The van der Waals surface area contributed by atoms with Crippen LogP contribution in [0.2, 0.25) is 0 Å². The Bertz CT molecular complexity index is 1170. The van der Waals surface area contributed by atoms with Crippen molar-refractivity contribution >= 4 is 23.9 Å². The van der Waals surface area contributed by atoms with E-state index in [9.17, 15) is 19.2 Å². The Morgan fingerprint density at radius 2 is 1.14 bits per heavy atom. The molecule has 0 radical (unpaired) electrons. The lowest BCUT2D eigenvalue weighted by Gasteiger charge is -2.27. The second-order valence-corrected chi connectivity index (χ2v) is 7.64. The quantitative estimate of drug-likeness (QED) is 0.182. The molecule has 0 heterocycles. The SMILES string of the molecule is C=C(CC(C(=O)OC)(C(=O)Oc1ccccc1)C(=O)Oc1ccccc1)C(=O)OCc1ccccc1. The van der Waals surface area contributed by atoms with Crippen LogP contribution in [0.3, 0.4) is 0 Å². The third-order valence-electron chi connectivity index (χ3n) is 5.12. The number of para-hydroxylation sites is 2. The van der Waals surface area contributed by atoms with Crippen molar-refractivity contribution in [3.8, 4) is 11.5 Å². The molecule has 0 saturated heterocycles. The zero-order chi connectivity index (χ0) is 26.0. The highest BCUT2D eigenvalue weighted by Crippen LogP contribution is 2.33. The van der Waals surface area contributed by atoms with Crippen molar-refractivity contribution in [3.05, 3.63) is 109 Å². The van der Waals surface area contributed by atoms with Gasteiger partial charge in [0.05, 0.1) is 7.11 Å². The van der Waals surface area contributed by atoms with Crippen LogP contribution in [-0.2, 0) is 35.3 Å². The van der Waals surface area contributed by atoms with Gasteiger partial charge in [-0.25, -0.2) is 14.4 Å². The first-order chi connectivity index (χ1) is 17.4. The van der Waals surface area contributed by atoms with Crippen LogP contribution in [0.5, 0.6) is 11.5 Å². The second-order valence-electron chi connectivity index (χ2n) is 7.64. The molecule has 0 N–H and O–H groups in total. The molecule has 0 aliphatic rings. The summed E-state index contributed by atoms with van der Waals surface area (Å²) in [6.45, 7) is 3.57. The van der Waals surface area contributed by atoms with Gasteiger partial charge in [0.25, 0.3) is 5.41 Å². The zero-order valence-electron chi connectivity index (χ0n) is 19.5. The zero-order valence-corrected chi connectivity index (χ0v) is 19.5. The van der Waals surface area contributed by atoms with Gasteiger partial charge in [0, 0.05) is 12.0 Å². The number of benzene rings is 3. The fraction of sp³-hybridized carbons (Fsp3) is 0.143. The minimum atomic E-state index is -2.69. The molecular formula is C28H24O8. The van der Waals surface area contributed by atoms with Gasteiger partial charge in [-0.2, -0.15) is 0 Å². The summed E-state index contributed by atoms with van der Waals surface area (Å²) in [4.78, 5) is 52.5. The van der Waals surface area contributed by atoms with Crippen LogP contribution in [0.25, 0.3) is 0 Å². The molecule has 36 heavy (non-hydrogen) atoms. The Hall–Kier alpha value is -4.72. The van der Waals surface area contributed by atoms with Crippen molar-refractivity contribution in [3.63, 3.8) is 0 Å². The lowest BCUT2D eigenvalue weighted by atomic mass is 9.81. The van der Waals surface area contributed by atoms with Gasteiger partial charge in [-0.1, -0.05) is 73.3 Å². The maximum absolute atomic E-state index is 13.4. The van der Waals surface area contributed by atoms with Gasteiger partial charge in [-0.05, 0) is 29.8 Å². The lowest BCUT2D eigenvalue weighted by Crippen LogP contribution is -2.52. The standard InChI is InChI=1S/C28H24O8/c1-20(24(29)34-19-21-12-6-3-7-13-21)18-28(25(30)33-2,26(31)35-22-14-8-4-9-15-22)27(32)36-23-16-10-5-11-17-23/h3-17H,1,18-19H2,2H3. The first kappa shape index (κ1) is 25.9. The summed E-state index contributed by atoms with van der Waals surface area (Å²) >= 11 is 0. The van der Waals surface area contributed by atoms with Crippen LogP contribution in [0.1, 0.15) is 12.0 Å². The second kappa shape index (κ2) is 12.1. The Balaban J connectivity index is 1.91. The minimum absolute atomic E-state index is 0.0700. The summed E-state index contributed by atoms with van der Waals surface area (Å²) in [6.07, 6.45) is -0.787. The van der Waals surface area contributed by atoms with Crippen LogP contribution in [0.15, 0.2) is 103 Å². The van der Waals surface area contributed by atoms with E-state index in [1.54, 1.807) is 60.7 Å². The van der Waals surface area contributed by atoms with Crippen LogP contribution < -0.4 is 9.47 Å². The Kier molecular flexibility index (Phi) is 8.72. The first-order valence-electron chi connectivity index (χ1n) is 10.9. The molecule has 0 aromatic heterocycles. The highest BCUT2D eigenvalue weighted by Gasteiger charge is 2.58. The molecule has 0 unspecified atom stereocenters. The summed E-state index contributed by atoms with van der Waals surface area (Å²) in [6, 6.07) is 24.5. The first-order valence-corrected chi connectivity index (χ1v) is 10.9. The van der Waals surface area contributed by atoms with Crippen LogP contribution >= 0.6 is 0 Å². The van der Waals surface area contributed by atoms with Gasteiger partial charge in [0.15, 0.2) is 0 Å². The number of esters is 4. The smallest absolute Gasteiger partial charge is 0.340 e. The van der Waals surface area contributed by atoms with Gasteiger partial charge in [-0.3, -0.25) is 4.79 Å². The number of carbonyl (C=O) groups is 4. The molecule has 0 saturated carbocycles. The van der Waals surface area contributed by atoms with Crippen LogP contribution in [0, 0.1) is 5.41 Å². The average molecular weight is 488 g/mol. The molecule has 0 atom stereocenters. The van der Waals surface area contributed by atoms with Crippen LogP contribution in [-0.4, -0.2) is 31.0 Å². The number of methoxy groups -OCH3 is 1. The molecule has 184 valence electrons. The van der Waals surface area contributed by atoms with Crippen molar-refractivity contribution in [1.29, 1.82) is 0 Å². The molecule has 0 amide bonds. The molecule has 0 spiro atoms. The fourth-order valence-corrected chi connectivity index (χ4v) is 3.22. The van der Waals surface area contributed by atoms with Gasteiger partial charge >= 0.3 is 23.9 Å². The normalized spacial score (nSPS) is 10.6. The topological polar surface area (TPSA) is 105 Å². The van der Waals surface area contributed by atoms with E-state index in [1.807, 2.05) is 6.07 Å². The Labute approximate surface area is 208 Å². The minimum Gasteiger partial charge on any atom is -0.468 e. The lowest BCUT2D eigenvalue weighted by molar-refractivity contribution is -0.174. The monoisotopic (exact) mass is 488 g/mol. The summed E-state index contributed by atoms with van der Waals surface area (Å²) in [7, 11) is 0.999. The van der Waals surface area contributed by atoms with Crippen LogP contribution in [0.4, 0.5) is 0 Å². The number of hydrogen-bond acceptors (Lipinski definition) is 8. The Morgan fingerprint density at radius 1 is 0.694 bits per heavy atom. The predicted octanol–water partition coefficient (Wildman–Crippen LogP) is 4.05. The maximum atomic E-state index is 13.4. The van der Waals surface area contributed by atoms with Gasteiger partial charge in [0.2, 0.25) is 0 Å². The van der Waals surface area contributed by atoms with Crippen molar-refractivity contribution in [2.45, 2.75) is 13.0 Å². The Morgan fingerprint density at radius 3 is 1.58 bits per heavy atom. The summed E-state index contributed by atoms with van der Waals surface area (Å²) in [5, 5.41) is 0. The highest BCUT2D eigenvalue weighted by molar-refractivity contribution is 6.19. The van der Waals surface area contributed by atoms with Crippen molar-refractivity contribution in [2.24, 2.45) is 5.41 Å². The largest absolute Gasteiger partial charge is 0.468 e. The summed E-state index contributed by atoms with van der Waals surface area (Å²) in [5.41, 5.74) is -2.31. The number of hydrogen-bond donors (Lipinski definition) is 0. The summed E-state index contributed by atoms with van der Waals surface area (Å²) in [5.74, 6) is -4.63. The van der Waals surface area contributed by atoms with E-state index in [0.29, 0.717) is 5.56 Å². The van der Waals surface area contributed by atoms with E-state index in [-0.39, 0.29) is 23.7 Å². The van der Waals surface area contributed by atoms with E-state index in [0.717, 1.165) is 7.11 Å². The van der Waals surface area contributed by atoms with E-state index in [1.165, 1.54) is 24.3 Å². The predicted molar refractivity (Wildman–Crippen MR) is 129 cm³/mol. The molecule has 8 heteroatoms. The molecule has 0 fully saturated rings.